The summed E-state index contributed by atoms with van der Waals surface area (Å²) in [7, 11) is 0. The number of nitrogens with zero attached hydrogens (tertiary/aromatic N) is 2. The summed E-state index contributed by atoms with van der Waals surface area (Å²) in [5.74, 6) is 2.17. The van der Waals surface area contributed by atoms with Crippen molar-refractivity contribution in [3.05, 3.63) is 71.9 Å². The number of benzene rings is 2. The van der Waals surface area contributed by atoms with Crippen LogP contribution in [0.1, 0.15) is 0 Å². The Hall–Kier alpha value is -3.05. The number of rotatable bonds is 4. The molecule has 4 aromatic rings. The molecule has 2 N–H and O–H groups in total. The van der Waals surface area contributed by atoms with Gasteiger partial charge >= 0.3 is 0 Å². The first-order valence-electron chi connectivity index (χ1n) is 7.37. The monoisotopic (exact) mass is 336 g/mol. The van der Waals surface area contributed by atoms with Crippen LogP contribution in [0.15, 0.2) is 66.9 Å². The smallest absolute Gasteiger partial charge is 0.178 e. The maximum absolute atomic E-state index is 5.87. The quantitative estimate of drug-likeness (QED) is 0.541. The molecular weight excluding hydrogens is 324 g/mol. The van der Waals surface area contributed by atoms with E-state index >= 15 is 0 Å². The first kappa shape index (κ1) is 14.5. The highest BCUT2D eigenvalue weighted by atomic mass is 35.5. The van der Waals surface area contributed by atoms with E-state index in [0.717, 1.165) is 28.2 Å². The number of aromatic nitrogens is 3. The lowest BCUT2D eigenvalue weighted by atomic mass is 10.3. The van der Waals surface area contributed by atoms with E-state index in [-0.39, 0.29) is 0 Å². The highest BCUT2D eigenvalue weighted by molar-refractivity contribution is 6.30. The molecule has 24 heavy (non-hydrogen) atoms. The number of hydrogen-bond acceptors (Lipinski definition) is 4. The lowest BCUT2D eigenvalue weighted by molar-refractivity contribution is 0.483. The van der Waals surface area contributed by atoms with Crippen molar-refractivity contribution >= 4 is 34.1 Å². The molecule has 4 rings (SSSR count). The van der Waals surface area contributed by atoms with E-state index in [1.807, 2.05) is 48.5 Å². The van der Waals surface area contributed by atoms with Crippen LogP contribution in [-0.4, -0.2) is 15.2 Å². The van der Waals surface area contributed by atoms with Gasteiger partial charge in [-0.15, -0.1) is 0 Å². The second-order valence-corrected chi connectivity index (χ2v) is 5.61. The average Bonchev–Trinajstić information content (AvgIpc) is 3.02. The fourth-order valence-electron chi connectivity index (χ4n) is 2.32. The van der Waals surface area contributed by atoms with Crippen molar-refractivity contribution in [3.63, 3.8) is 0 Å². The third kappa shape index (κ3) is 3.02. The minimum atomic E-state index is 0.682. The fraction of sp³-hybridized carbons (Fsp3) is 0. The zero-order valence-corrected chi connectivity index (χ0v) is 13.3. The summed E-state index contributed by atoms with van der Waals surface area (Å²) in [4.78, 5) is 4.33. The van der Waals surface area contributed by atoms with Crippen molar-refractivity contribution in [2.24, 2.45) is 0 Å². The maximum Gasteiger partial charge on any atom is 0.178 e. The Morgan fingerprint density at radius 1 is 0.917 bits per heavy atom. The molecule has 2 heterocycles. The van der Waals surface area contributed by atoms with Crippen LogP contribution in [0.5, 0.6) is 11.5 Å². The first-order valence-corrected chi connectivity index (χ1v) is 7.75. The molecule has 2 aromatic carbocycles. The van der Waals surface area contributed by atoms with Gasteiger partial charge in [0.2, 0.25) is 0 Å². The Kier molecular flexibility index (Phi) is 3.76. The van der Waals surface area contributed by atoms with Crippen LogP contribution >= 0.6 is 11.6 Å². The Morgan fingerprint density at radius 3 is 2.38 bits per heavy atom. The highest BCUT2D eigenvalue weighted by Crippen LogP contribution is 2.26. The zero-order chi connectivity index (χ0) is 16.4. The summed E-state index contributed by atoms with van der Waals surface area (Å²) in [5, 5.41) is 11.1. The van der Waals surface area contributed by atoms with Crippen LogP contribution in [0, 0.1) is 0 Å². The van der Waals surface area contributed by atoms with Crippen molar-refractivity contribution in [2.75, 3.05) is 5.32 Å². The molecule has 0 unspecified atom stereocenters. The molecule has 0 saturated heterocycles. The lowest BCUT2D eigenvalue weighted by Crippen LogP contribution is -1.92. The molecule has 0 atom stereocenters. The van der Waals surface area contributed by atoms with Gasteiger partial charge in [-0.05, 0) is 60.7 Å². The molecule has 0 spiro atoms. The van der Waals surface area contributed by atoms with Crippen LogP contribution in [-0.2, 0) is 0 Å². The Labute approximate surface area is 143 Å². The second-order valence-electron chi connectivity index (χ2n) is 5.18. The van der Waals surface area contributed by atoms with Gasteiger partial charge in [0.25, 0.3) is 0 Å². The molecule has 0 aliphatic heterocycles. The standard InChI is InChI=1S/C18H13ClN4O/c19-12-3-7-14(8-4-12)24-15-9-5-13(6-10-15)21-18-17-16(22-23-18)2-1-11-20-17/h1-11H,(H2,21,22,23). The fourth-order valence-corrected chi connectivity index (χ4v) is 2.45. The van der Waals surface area contributed by atoms with Gasteiger partial charge in [0.1, 0.15) is 17.0 Å². The number of halogens is 1. The predicted octanol–water partition coefficient (Wildman–Crippen LogP) is 5.15. The molecule has 0 aliphatic rings. The minimum absolute atomic E-state index is 0.682. The van der Waals surface area contributed by atoms with Crippen molar-refractivity contribution in [1.82, 2.24) is 15.2 Å². The van der Waals surface area contributed by atoms with Gasteiger partial charge in [-0.3, -0.25) is 10.1 Å². The van der Waals surface area contributed by atoms with Crippen molar-refractivity contribution in [2.45, 2.75) is 0 Å². The van der Waals surface area contributed by atoms with E-state index in [1.165, 1.54) is 0 Å². The van der Waals surface area contributed by atoms with E-state index in [4.69, 9.17) is 16.3 Å². The van der Waals surface area contributed by atoms with Gasteiger partial charge in [0.05, 0.1) is 5.52 Å². The normalized spacial score (nSPS) is 10.7. The zero-order valence-electron chi connectivity index (χ0n) is 12.5. The number of fused-ring (bicyclic) bond motifs is 1. The molecular formula is C18H13ClN4O. The number of pyridine rings is 1. The summed E-state index contributed by atoms with van der Waals surface area (Å²) in [5.41, 5.74) is 2.60. The first-order chi connectivity index (χ1) is 11.8. The molecule has 2 aromatic heterocycles. The number of anilines is 2. The van der Waals surface area contributed by atoms with E-state index < -0.39 is 0 Å². The number of H-pyrrole nitrogens is 1. The van der Waals surface area contributed by atoms with E-state index in [1.54, 1.807) is 18.3 Å². The Balaban J connectivity index is 1.50. The summed E-state index contributed by atoms with van der Waals surface area (Å²) >= 11 is 5.87. The molecule has 118 valence electrons. The molecule has 0 radical (unpaired) electrons. The molecule has 0 fully saturated rings. The number of hydrogen-bond donors (Lipinski definition) is 2. The SMILES string of the molecule is Clc1ccc(Oc2ccc(Nc3n[nH]c4cccnc34)cc2)cc1. The van der Waals surface area contributed by atoms with Crippen LogP contribution in [0.4, 0.5) is 11.5 Å². The summed E-state index contributed by atoms with van der Waals surface area (Å²) in [6.45, 7) is 0. The minimum Gasteiger partial charge on any atom is -0.457 e. The van der Waals surface area contributed by atoms with Gasteiger partial charge in [0, 0.05) is 16.9 Å². The highest BCUT2D eigenvalue weighted by Gasteiger charge is 2.06. The molecule has 5 nitrogen and oxygen atoms in total. The van der Waals surface area contributed by atoms with Crippen molar-refractivity contribution < 1.29 is 4.74 Å². The van der Waals surface area contributed by atoms with Gasteiger partial charge in [-0.2, -0.15) is 5.10 Å². The molecule has 6 heteroatoms. The molecule has 0 bridgehead atoms. The molecule has 0 aliphatic carbocycles. The summed E-state index contributed by atoms with van der Waals surface area (Å²) in [6.07, 6.45) is 1.74. The van der Waals surface area contributed by atoms with Crippen LogP contribution in [0.3, 0.4) is 0 Å². The van der Waals surface area contributed by atoms with Crippen LogP contribution in [0.2, 0.25) is 5.02 Å². The Bertz CT molecular complexity index is 964. The lowest BCUT2D eigenvalue weighted by Gasteiger charge is -2.07. The summed E-state index contributed by atoms with van der Waals surface area (Å²) in [6, 6.07) is 18.7. The van der Waals surface area contributed by atoms with Crippen LogP contribution in [0.25, 0.3) is 11.0 Å². The number of nitrogens with one attached hydrogen (secondary N) is 2. The predicted molar refractivity (Wildman–Crippen MR) is 95.1 cm³/mol. The topological polar surface area (TPSA) is 62.8 Å². The van der Waals surface area contributed by atoms with Gasteiger partial charge in [0.15, 0.2) is 5.82 Å². The van der Waals surface area contributed by atoms with Crippen molar-refractivity contribution in [1.29, 1.82) is 0 Å². The van der Waals surface area contributed by atoms with E-state index in [9.17, 15) is 0 Å². The average molecular weight is 337 g/mol. The molecule has 0 amide bonds. The maximum atomic E-state index is 5.87. The van der Waals surface area contributed by atoms with Crippen LogP contribution < -0.4 is 10.1 Å². The summed E-state index contributed by atoms with van der Waals surface area (Å²) < 4.78 is 5.77. The number of aromatic amines is 1. The third-order valence-electron chi connectivity index (χ3n) is 3.49. The van der Waals surface area contributed by atoms with Gasteiger partial charge < -0.3 is 10.1 Å². The second kappa shape index (κ2) is 6.22. The largest absolute Gasteiger partial charge is 0.457 e. The van der Waals surface area contributed by atoms with E-state index in [0.29, 0.717) is 10.8 Å². The van der Waals surface area contributed by atoms with Gasteiger partial charge in [-0.1, -0.05) is 11.6 Å². The van der Waals surface area contributed by atoms with E-state index in [2.05, 4.69) is 20.5 Å². The van der Waals surface area contributed by atoms with Crippen molar-refractivity contribution in [3.8, 4) is 11.5 Å². The third-order valence-corrected chi connectivity index (χ3v) is 3.74. The Morgan fingerprint density at radius 2 is 1.62 bits per heavy atom. The number of ether oxygens (including phenoxy) is 1. The molecule has 0 saturated carbocycles. The van der Waals surface area contributed by atoms with Gasteiger partial charge in [-0.25, -0.2) is 0 Å².